The highest BCUT2D eigenvalue weighted by Gasteiger charge is 2.41. The van der Waals surface area contributed by atoms with Crippen LogP contribution in [0.4, 0.5) is 0 Å². The van der Waals surface area contributed by atoms with E-state index >= 15 is 0 Å². The second-order valence-electron chi connectivity index (χ2n) is 6.63. The summed E-state index contributed by atoms with van der Waals surface area (Å²) < 4.78 is 5.02. The minimum Gasteiger partial charge on any atom is -0.468 e. The minimum atomic E-state index is -0.557. The molecule has 2 atom stereocenters. The van der Waals surface area contributed by atoms with Crippen molar-refractivity contribution in [3.8, 4) is 0 Å². The summed E-state index contributed by atoms with van der Waals surface area (Å²) in [7, 11) is 3.64. The molecule has 2 unspecified atom stereocenters. The first-order chi connectivity index (χ1) is 9.44. The second-order valence-corrected chi connectivity index (χ2v) is 6.63. The Bertz CT molecular complexity index is 338. The number of carbonyl (C=O) groups is 1. The van der Waals surface area contributed by atoms with E-state index in [1.807, 2.05) is 6.92 Å². The van der Waals surface area contributed by atoms with Gasteiger partial charge in [0.25, 0.3) is 0 Å². The predicted molar refractivity (Wildman–Crippen MR) is 79.7 cm³/mol. The molecule has 0 aromatic heterocycles. The van der Waals surface area contributed by atoms with Gasteiger partial charge in [0.05, 0.1) is 7.11 Å². The first kappa shape index (κ1) is 15.7. The Kier molecular flexibility index (Phi) is 5.04. The Hall–Kier alpha value is -0.650. The van der Waals surface area contributed by atoms with Gasteiger partial charge in [-0.1, -0.05) is 0 Å². The fraction of sp³-hybridized carbons (Fsp3) is 0.933. The zero-order chi connectivity index (χ0) is 14.8. The fourth-order valence-corrected chi connectivity index (χ4v) is 3.09. The summed E-state index contributed by atoms with van der Waals surface area (Å²) in [6.45, 7) is 8.59. The lowest BCUT2D eigenvalue weighted by Crippen LogP contribution is -2.56. The van der Waals surface area contributed by atoms with Crippen molar-refractivity contribution in [1.82, 2.24) is 15.1 Å². The number of nitrogens with zero attached hydrogens (tertiary/aromatic N) is 2. The van der Waals surface area contributed by atoms with Gasteiger partial charge in [-0.05, 0) is 40.2 Å². The number of esters is 1. The monoisotopic (exact) mass is 283 g/mol. The number of ether oxygens (including phenoxy) is 1. The summed E-state index contributed by atoms with van der Waals surface area (Å²) in [5.41, 5.74) is -0.557. The van der Waals surface area contributed by atoms with E-state index in [-0.39, 0.29) is 5.97 Å². The predicted octanol–water partition coefficient (Wildman–Crippen LogP) is 0.696. The standard InChI is InChI=1S/C15H29N3O2/c1-12(18-9-7-17(3)8-10-18)11-15(2,14(19)20-4)16-13-5-6-13/h12-13,16H,5-11H2,1-4H3. The zero-order valence-electron chi connectivity index (χ0n) is 13.3. The first-order valence-corrected chi connectivity index (χ1v) is 7.73. The van der Waals surface area contributed by atoms with Gasteiger partial charge in [0.2, 0.25) is 0 Å². The molecule has 20 heavy (non-hydrogen) atoms. The first-order valence-electron chi connectivity index (χ1n) is 7.73. The minimum absolute atomic E-state index is 0.134. The molecule has 2 aliphatic rings. The number of nitrogens with one attached hydrogen (secondary N) is 1. The molecule has 0 aromatic carbocycles. The average molecular weight is 283 g/mol. The molecule has 1 saturated carbocycles. The zero-order valence-corrected chi connectivity index (χ0v) is 13.3. The van der Waals surface area contributed by atoms with Crippen LogP contribution in [0.5, 0.6) is 0 Å². The van der Waals surface area contributed by atoms with Crippen LogP contribution in [-0.4, -0.2) is 73.7 Å². The van der Waals surface area contributed by atoms with Crippen molar-refractivity contribution in [3.05, 3.63) is 0 Å². The Labute approximate surface area is 122 Å². The third-order valence-electron chi connectivity index (χ3n) is 4.60. The molecule has 0 amide bonds. The molecule has 0 radical (unpaired) electrons. The molecule has 1 aliphatic carbocycles. The number of rotatable bonds is 6. The normalized spacial score (nSPS) is 26.0. The van der Waals surface area contributed by atoms with Crippen LogP contribution in [0.3, 0.4) is 0 Å². The number of hydrogen-bond acceptors (Lipinski definition) is 5. The molecule has 0 aromatic rings. The van der Waals surface area contributed by atoms with Gasteiger partial charge in [-0.3, -0.25) is 15.0 Å². The van der Waals surface area contributed by atoms with Crippen molar-refractivity contribution < 1.29 is 9.53 Å². The van der Waals surface area contributed by atoms with Gasteiger partial charge in [-0.25, -0.2) is 0 Å². The molecule has 0 spiro atoms. The number of hydrogen-bond donors (Lipinski definition) is 1. The maximum Gasteiger partial charge on any atom is 0.325 e. The number of likely N-dealkylation sites (N-methyl/N-ethyl adjacent to an activating group) is 1. The van der Waals surface area contributed by atoms with Crippen molar-refractivity contribution in [1.29, 1.82) is 0 Å². The molecule has 5 nitrogen and oxygen atoms in total. The highest BCUT2D eigenvalue weighted by atomic mass is 16.5. The number of piperazine rings is 1. The van der Waals surface area contributed by atoms with Gasteiger partial charge in [-0.2, -0.15) is 0 Å². The molecule has 1 heterocycles. The van der Waals surface area contributed by atoms with E-state index < -0.39 is 5.54 Å². The Morgan fingerprint density at radius 3 is 2.45 bits per heavy atom. The smallest absolute Gasteiger partial charge is 0.325 e. The van der Waals surface area contributed by atoms with E-state index in [4.69, 9.17) is 4.74 Å². The average Bonchev–Trinajstić information content (AvgIpc) is 3.22. The molecule has 1 N–H and O–H groups in total. The van der Waals surface area contributed by atoms with E-state index in [1.54, 1.807) is 0 Å². The molecule has 1 saturated heterocycles. The van der Waals surface area contributed by atoms with Gasteiger partial charge in [0, 0.05) is 38.3 Å². The lowest BCUT2D eigenvalue weighted by molar-refractivity contribution is -0.149. The van der Waals surface area contributed by atoms with Crippen LogP contribution in [0.15, 0.2) is 0 Å². The Morgan fingerprint density at radius 2 is 1.95 bits per heavy atom. The molecule has 0 bridgehead atoms. The van der Waals surface area contributed by atoms with Crippen LogP contribution in [0, 0.1) is 0 Å². The van der Waals surface area contributed by atoms with Crippen molar-refractivity contribution >= 4 is 5.97 Å². The van der Waals surface area contributed by atoms with Crippen LogP contribution in [0.1, 0.15) is 33.1 Å². The summed E-state index contributed by atoms with van der Waals surface area (Å²) in [4.78, 5) is 17.0. The van der Waals surface area contributed by atoms with Gasteiger partial charge in [0.1, 0.15) is 5.54 Å². The van der Waals surface area contributed by atoms with Crippen molar-refractivity contribution in [3.63, 3.8) is 0 Å². The van der Waals surface area contributed by atoms with Crippen LogP contribution < -0.4 is 5.32 Å². The molecule has 1 aliphatic heterocycles. The van der Waals surface area contributed by atoms with Gasteiger partial charge in [0.15, 0.2) is 0 Å². The molecular weight excluding hydrogens is 254 g/mol. The summed E-state index contributed by atoms with van der Waals surface area (Å²) in [6, 6.07) is 0.887. The maximum atomic E-state index is 12.2. The van der Waals surface area contributed by atoms with Gasteiger partial charge in [-0.15, -0.1) is 0 Å². The van der Waals surface area contributed by atoms with Crippen LogP contribution in [0.25, 0.3) is 0 Å². The van der Waals surface area contributed by atoms with Crippen LogP contribution in [-0.2, 0) is 9.53 Å². The van der Waals surface area contributed by atoms with Crippen molar-refractivity contribution in [2.75, 3.05) is 40.3 Å². The third-order valence-corrected chi connectivity index (χ3v) is 4.60. The van der Waals surface area contributed by atoms with Gasteiger partial charge >= 0.3 is 5.97 Å². The largest absolute Gasteiger partial charge is 0.468 e. The highest BCUT2D eigenvalue weighted by molar-refractivity contribution is 5.80. The quantitative estimate of drug-likeness (QED) is 0.727. The molecule has 2 rings (SSSR count). The summed E-state index contributed by atoms with van der Waals surface area (Å²) in [5, 5.41) is 3.49. The Morgan fingerprint density at radius 1 is 1.35 bits per heavy atom. The summed E-state index contributed by atoms with van der Waals surface area (Å²) >= 11 is 0. The lowest BCUT2D eigenvalue weighted by atomic mass is 9.92. The van der Waals surface area contributed by atoms with Crippen molar-refractivity contribution in [2.24, 2.45) is 0 Å². The lowest BCUT2D eigenvalue weighted by Gasteiger charge is -2.40. The van der Waals surface area contributed by atoms with E-state index in [2.05, 4.69) is 29.1 Å². The van der Waals surface area contributed by atoms with E-state index in [1.165, 1.54) is 20.0 Å². The highest BCUT2D eigenvalue weighted by Crippen LogP contribution is 2.27. The fourth-order valence-electron chi connectivity index (χ4n) is 3.09. The molecule has 5 heteroatoms. The topological polar surface area (TPSA) is 44.8 Å². The number of methoxy groups -OCH3 is 1. The maximum absolute atomic E-state index is 12.2. The third kappa shape index (κ3) is 3.93. The SMILES string of the molecule is COC(=O)C(C)(CC(C)N1CCN(C)CC1)NC1CC1. The van der Waals surface area contributed by atoms with Gasteiger partial charge < -0.3 is 9.64 Å². The van der Waals surface area contributed by atoms with Crippen molar-refractivity contribution in [2.45, 2.75) is 50.7 Å². The molecule has 116 valence electrons. The van der Waals surface area contributed by atoms with E-state index in [0.717, 1.165) is 32.6 Å². The van der Waals surface area contributed by atoms with E-state index in [0.29, 0.717) is 12.1 Å². The van der Waals surface area contributed by atoms with Crippen LogP contribution >= 0.6 is 0 Å². The molecule has 2 fully saturated rings. The van der Waals surface area contributed by atoms with E-state index in [9.17, 15) is 4.79 Å². The Balaban J connectivity index is 1.93. The molecular formula is C15H29N3O2. The summed E-state index contributed by atoms with van der Waals surface area (Å²) in [6.07, 6.45) is 3.16. The second kappa shape index (κ2) is 6.41. The summed E-state index contributed by atoms with van der Waals surface area (Å²) in [5.74, 6) is -0.134. The number of carbonyl (C=O) groups excluding carboxylic acids is 1. The van der Waals surface area contributed by atoms with Crippen LogP contribution in [0.2, 0.25) is 0 Å².